The molecule has 0 aromatic rings. The van der Waals surface area contributed by atoms with Crippen molar-refractivity contribution in [3.05, 3.63) is 0 Å². The molecule has 0 aliphatic carbocycles. The predicted molar refractivity (Wildman–Crippen MR) is 89.2 cm³/mol. The quantitative estimate of drug-likeness (QED) is 0.627. The van der Waals surface area contributed by atoms with Crippen LogP contribution in [0.4, 0.5) is 4.79 Å². The molecule has 3 atom stereocenters. The van der Waals surface area contributed by atoms with Gasteiger partial charge >= 0.3 is 6.03 Å². The van der Waals surface area contributed by atoms with Gasteiger partial charge in [0, 0.05) is 52.7 Å². The van der Waals surface area contributed by atoms with E-state index in [4.69, 9.17) is 9.47 Å². The molecule has 0 aromatic heterocycles. The molecule has 0 bridgehead atoms. The average molecular weight is 356 g/mol. The Morgan fingerprint density at radius 1 is 1.08 bits per heavy atom. The number of amides is 3. The van der Waals surface area contributed by atoms with Crippen molar-refractivity contribution in [2.75, 3.05) is 65.6 Å². The third-order valence-electron chi connectivity index (χ3n) is 5.15. The van der Waals surface area contributed by atoms with Crippen LogP contribution in [0.5, 0.6) is 0 Å². The summed E-state index contributed by atoms with van der Waals surface area (Å²) in [4.78, 5) is 29.3. The van der Waals surface area contributed by atoms with Crippen molar-refractivity contribution in [2.24, 2.45) is 0 Å². The highest BCUT2D eigenvalue weighted by molar-refractivity contribution is 5.74. The zero-order valence-corrected chi connectivity index (χ0v) is 14.7. The summed E-state index contributed by atoms with van der Waals surface area (Å²) in [5.41, 5.74) is 0. The number of nitrogens with zero attached hydrogens (tertiary/aromatic N) is 3. The summed E-state index contributed by atoms with van der Waals surface area (Å²) in [6, 6.07) is -0.564. The van der Waals surface area contributed by atoms with Gasteiger partial charge in [-0.1, -0.05) is 0 Å². The molecule has 3 aliphatic rings. The van der Waals surface area contributed by atoms with E-state index in [0.717, 1.165) is 13.1 Å². The Morgan fingerprint density at radius 3 is 2.40 bits per heavy atom. The molecule has 3 heterocycles. The number of carbonyl (C=O) groups is 2. The zero-order valence-electron chi connectivity index (χ0n) is 14.7. The fourth-order valence-electron chi connectivity index (χ4n) is 3.49. The van der Waals surface area contributed by atoms with Crippen LogP contribution in [-0.4, -0.2) is 116 Å². The Hall–Kier alpha value is -1.42. The fourth-order valence-corrected chi connectivity index (χ4v) is 3.49. The average Bonchev–Trinajstić information content (AvgIpc) is 2.96. The number of urea groups is 1. The predicted octanol–water partition coefficient (Wildman–Crippen LogP) is -1.68. The highest BCUT2D eigenvalue weighted by atomic mass is 16.5. The molecule has 3 fully saturated rings. The number of carbonyl (C=O) groups excluding carboxylic acids is 2. The van der Waals surface area contributed by atoms with E-state index < -0.39 is 6.10 Å². The maximum absolute atomic E-state index is 12.2. The summed E-state index contributed by atoms with van der Waals surface area (Å²) < 4.78 is 11.0. The topological polar surface area (TPSA) is 94.6 Å². The summed E-state index contributed by atoms with van der Waals surface area (Å²) in [5, 5.41) is 13.4. The molecular formula is C16H28N4O5. The molecule has 9 nitrogen and oxygen atoms in total. The largest absolute Gasteiger partial charge is 0.388 e. The molecular weight excluding hydrogens is 328 g/mol. The Kier molecular flexibility index (Phi) is 6.10. The smallest absolute Gasteiger partial charge is 0.317 e. The van der Waals surface area contributed by atoms with Crippen LogP contribution in [0, 0.1) is 0 Å². The lowest BCUT2D eigenvalue weighted by Crippen LogP contribution is -2.54. The first kappa shape index (κ1) is 18.4. The van der Waals surface area contributed by atoms with Crippen molar-refractivity contribution < 1.29 is 24.2 Å². The first-order valence-electron chi connectivity index (χ1n) is 8.95. The van der Waals surface area contributed by atoms with Crippen molar-refractivity contribution in [3.8, 4) is 0 Å². The van der Waals surface area contributed by atoms with Crippen LogP contribution < -0.4 is 5.32 Å². The number of ether oxygens (including phenoxy) is 2. The van der Waals surface area contributed by atoms with Crippen LogP contribution in [0.15, 0.2) is 0 Å². The molecule has 2 N–H and O–H groups in total. The summed E-state index contributed by atoms with van der Waals surface area (Å²) in [7, 11) is 0. The standard InChI is InChI=1S/C16H28N4O5/c1-12(21)19-4-2-18(3-5-19)10-14-15(22)13(11-25-14)17-16(23)20-6-8-24-9-7-20/h13-15,22H,2-11H2,1H3,(H,17,23)/t13-,14-,15+/m0/s1. The highest BCUT2D eigenvalue weighted by Gasteiger charge is 2.38. The van der Waals surface area contributed by atoms with Crippen molar-refractivity contribution in [2.45, 2.75) is 25.2 Å². The molecule has 0 radical (unpaired) electrons. The maximum Gasteiger partial charge on any atom is 0.317 e. The molecule has 3 rings (SSSR count). The number of hydrogen-bond donors (Lipinski definition) is 2. The number of aliphatic hydroxyl groups excluding tert-OH is 1. The molecule has 0 unspecified atom stereocenters. The minimum atomic E-state index is -0.726. The molecule has 9 heteroatoms. The van der Waals surface area contributed by atoms with Gasteiger partial charge in [0.1, 0.15) is 6.10 Å². The second kappa shape index (κ2) is 8.31. The minimum Gasteiger partial charge on any atom is -0.388 e. The lowest BCUT2D eigenvalue weighted by atomic mass is 10.1. The summed E-state index contributed by atoms with van der Waals surface area (Å²) >= 11 is 0. The Bertz CT molecular complexity index is 477. The van der Waals surface area contributed by atoms with Gasteiger partial charge in [-0.05, 0) is 0 Å². The Balaban J connectivity index is 1.43. The lowest BCUT2D eigenvalue weighted by molar-refractivity contribution is -0.130. The second-order valence-electron chi connectivity index (χ2n) is 6.82. The molecule has 3 saturated heterocycles. The number of aliphatic hydroxyl groups is 1. The van der Waals surface area contributed by atoms with Crippen molar-refractivity contribution in [1.29, 1.82) is 0 Å². The molecule has 0 spiro atoms. The van der Waals surface area contributed by atoms with Crippen molar-refractivity contribution >= 4 is 11.9 Å². The van der Waals surface area contributed by atoms with E-state index in [1.54, 1.807) is 11.8 Å². The molecule has 142 valence electrons. The van der Waals surface area contributed by atoms with E-state index in [9.17, 15) is 14.7 Å². The van der Waals surface area contributed by atoms with E-state index >= 15 is 0 Å². The molecule has 0 saturated carbocycles. The number of nitrogens with one attached hydrogen (secondary N) is 1. The number of piperazine rings is 1. The van der Waals surface area contributed by atoms with E-state index in [2.05, 4.69) is 10.2 Å². The second-order valence-corrected chi connectivity index (χ2v) is 6.82. The maximum atomic E-state index is 12.2. The van der Waals surface area contributed by atoms with E-state index in [1.807, 2.05) is 4.90 Å². The summed E-state index contributed by atoms with van der Waals surface area (Å²) in [5.74, 6) is 0.0997. The van der Waals surface area contributed by atoms with Crippen LogP contribution in [0.2, 0.25) is 0 Å². The van der Waals surface area contributed by atoms with Crippen molar-refractivity contribution in [3.63, 3.8) is 0 Å². The van der Waals surface area contributed by atoms with Crippen LogP contribution in [0.1, 0.15) is 6.92 Å². The highest BCUT2D eigenvalue weighted by Crippen LogP contribution is 2.17. The molecule has 25 heavy (non-hydrogen) atoms. The summed E-state index contributed by atoms with van der Waals surface area (Å²) in [6.45, 7) is 7.70. The zero-order chi connectivity index (χ0) is 17.8. The molecule has 3 aliphatic heterocycles. The van der Waals surface area contributed by atoms with Crippen LogP contribution in [0.25, 0.3) is 0 Å². The first-order chi connectivity index (χ1) is 12.0. The SMILES string of the molecule is CC(=O)N1CCN(C[C@@H]2OC[C@H](NC(=O)N3CCOCC3)[C@H]2O)CC1. The third kappa shape index (κ3) is 4.60. The van der Waals surface area contributed by atoms with Gasteiger partial charge in [0.25, 0.3) is 0 Å². The van der Waals surface area contributed by atoms with Gasteiger partial charge in [-0.2, -0.15) is 0 Å². The normalized spacial score (nSPS) is 31.2. The number of rotatable bonds is 3. The fraction of sp³-hybridized carbons (Fsp3) is 0.875. The molecule has 3 amide bonds. The number of morpholine rings is 1. The van der Waals surface area contributed by atoms with Gasteiger partial charge < -0.3 is 29.7 Å². The van der Waals surface area contributed by atoms with Gasteiger partial charge in [0.2, 0.25) is 5.91 Å². The van der Waals surface area contributed by atoms with Crippen LogP contribution in [0.3, 0.4) is 0 Å². The lowest BCUT2D eigenvalue weighted by Gasteiger charge is -2.35. The third-order valence-corrected chi connectivity index (χ3v) is 5.15. The van der Waals surface area contributed by atoms with Gasteiger partial charge in [-0.3, -0.25) is 9.69 Å². The first-order valence-corrected chi connectivity index (χ1v) is 8.95. The minimum absolute atomic E-state index is 0.0997. The van der Waals surface area contributed by atoms with E-state index in [-0.39, 0.29) is 24.1 Å². The summed E-state index contributed by atoms with van der Waals surface area (Å²) in [6.07, 6.45) is -1.05. The van der Waals surface area contributed by atoms with Gasteiger partial charge in [-0.15, -0.1) is 0 Å². The Labute approximate surface area is 147 Å². The van der Waals surface area contributed by atoms with Crippen LogP contribution in [-0.2, 0) is 14.3 Å². The van der Waals surface area contributed by atoms with E-state index in [0.29, 0.717) is 52.5 Å². The number of hydrogen-bond acceptors (Lipinski definition) is 6. The molecule has 0 aromatic carbocycles. The van der Waals surface area contributed by atoms with E-state index in [1.165, 1.54) is 0 Å². The Morgan fingerprint density at radius 2 is 1.76 bits per heavy atom. The van der Waals surface area contributed by atoms with Gasteiger partial charge in [0.05, 0.1) is 32.0 Å². The van der Waals surface area contributed by atoms with Crippen LogP contribution >= 0.6 is 0 Å². The van der Waals surface area contributed by atoms with Gasteiger partial charge in [-0.25, -0.2) is 4.79 Å². The monoisotopic (exact) mass is 356 g/mol. The van der Waals surface area contributed by atoms with Gasteiger partial charge in [0.15, 0.2) is 0 Å². The van der Waals surface area contributed by atoms with Crippen molar-refractivity contribution in [1.82, 2.24) is 20.0 Å².